The van der Waals surface area contributed by atoms with Gasteiger partial charge in [-0.05, 0) is 18.1 Å². The molecule has 1 unspecified atom stereocenters. The van der Waals surface area contributed by atoms with Gasteiger partial charge in [0.15, 0.2) is 0 Å². The summed E-state index contributed by atoms with van der Waals surface area (Å²) in [6, 6.07) is 7.85. The highest BCUT2D eigenvalue weighted by molar-refractivity contribution is 9.10. The van der Waals surface area contributed by atoms with Gasteiger partial charge in [-0.2, -0.15) is 0 Å². The molecule has 1 fully saturated rings. The van der Waals surface area contributed by atoms with Gasteiger partial charge in [0.1, 0.15) is 0 Å². The normalized spacial score (nSPS) is 19.2. The molecule has 1 aromatic carbocycles. The van der Waals surface area contributed by atoms with Gasteiger partial charge in [0, 0.05) is 24.1 Å². The summed E-state index contributed by atoms with van der Waals surface area (Å²) in [5.74, 6) is 0. The number of aliphatic hydroxyl groups excluding tert-OH is 1. The predicted molar refractivity (Wildman–Crippen MR) is 71.0 cm³/mol. The van der Waals surface area contributed by atoms with Gasteiger partial charge in [-0.3, -0.25) is 4.90 Å². The van der Waals surface area contributed by atoms with Crippen molar-refractivity contribution in [2.24, 2.45) is 0 Å². The standard InChI is InChI=1S/C13H18BrNO2/c14-12-4-2-1-3-11(12)13(16)5-6-15-7-9-17-10-8-15/h1-4,13,16H,5-10H2. The van der Waals surface area contributed by atoms with Gasteiger partial charge in [-0.25, -0.2) is 0 Å². The van der Waals surface area contributed by atoms with Crippen molar-refractivity contribution in [2.45, 2.75) is 12.5 Å². The van der Waals surface area contributed by atoms with Crippen LogP contribution in [0.5, 0.6) is 0 Å². The van der Waals surface area contributed by atoms with E-state index < -0.39 is 6.10 Å². The first-order chi connectivity index (χ1) is 8.27. The molecular formula is C13H18BrNO2. The van der Waals surface area contributed by atoms with Crippen molar-refractivity contribution in [3.63, 3.8) is 0 Å². The summed E-state index contributed by atoms with van der Waals surface area (Å²) in [4.78, 5) is 2.34. The lowest BCUT2D eigenvalue weighted by Gasteiger charge is -2.27. The molecule has 1 heterocycles. The van der Waals surface area contributed by atoms with Gasteiger partial charge in [-0.15, -0.1) is 0 Å². The molecule has 1 saturated heterocycles. The molecule has 2 rings (SSSR count). The van der Waals surface area contributed by atoms with Gasteiger partial charge >= 0.3 is 0 Å². The van der Waals surface area contributed by atoms with Crippen LogP contribution in [0.1, 0.15) is 18.1 Å². The summed E-state index contributed by atoms with van der Waals surface area (Å²) in [6.07, 6.45) is 0.371. The summed E-state index contributed by atoms with van der Waals surface area (Å²) >= 11 is 3.47. The molecule has 1 N–H and O–H groups in total. The monoisotopic (exact) mass is 299 g/mol. The highest BCUT2D eigenvalue weighted by Gasteiger charge is 2.14. The van der Waals surface area contributed by atoms with Crippen LogP contribution in [0.4, 0.5) is 0 Å². The molecule has 1 aromatic rings. The second-order valence-electron chi connectivity index (χ2n) is 4.28. The third-order valence-electron chi connectivity index (χ3n) is 3.09. The summed E-state index contributed by atoms with van der Waals surface area (Å²) in [6.45, 7) is 4.49. The first kappa shape index (κ1) is 13.0. The molecule has 4 heteroatoms. The van der Waals surface area contributed by atoms with Gasteiger partial charge in [-0.1, -0.05) is 34.1 Å². The van der Waals surface area contributed by atoms with Gasteiger partial charge in [0.05, 0.1) is 19.3 Å². The fourth-order valence-electron chi connectivity index (χ4n) is 2.03. The smallest absolute Gasteiger partial charge is 0.0813 e. The van der Waals surface area contributed by atoms with Crippen molar-refractivity contribution >= 4 is 15.9 Å². The fraction of sp³-hybridized carbons (Fsp3) is 0.538. The molecule has 0 radical (unpaired) electrons. The molecule has 94 valence electrons. The van der Waals surface area contributed by atoms with Crippen molar-refractivity contribution in [3.8, 4) is 0 Å². The molecule has 0 aromatic heterocycles. The maximum absolute atomic E-state index is 10.1. The Morgan fingerprint density at radius 1 is 1.29 bits per heavy atom. The predicted octanol–water partition coefficient (Wildman–Crippen LogP) is 2.20. The first-order valence-electron chi connectivity index (χ1n) is 6.00. The van der Waals surface area contributed by atoms with Gasteiger partial charge in [0.2, 0.25) is 0 Å². The lowest BCUT2D eigenvalue weighted by molar-refractivity contribution is 0.0300. The second-order valence-corrected chi connectivity index (χ2v) is 5.13. The van der Waals surface area contributed by atoms with Gasteiger partial charge in [0.25, 0.3) is 0 Å². The van der Waals surface area contributed by atoms with E-state index in [-0.39, 0.29) is 0 Å². The Kier molecular flexibility index (Phi) is 4.98. The Balaban J connectivity index is 1.84. The average Bonchev–Trinajstić information content (AvgIpc) is 2.38. The number of hydrogen-bond acceptors (Lipinski definition) is 3. The van der Waals surface area contributed by atoms with Crippen molar-refractivity contribution in [2.75, 3.05) is 32.8 Å². The van der Waals surface area contributed by atoms with Gasteiger partial charge < -0.3 is 9.84 Å². The maximum atomic E-state index is 10.1. The lowest BCUT2D eigenvalue weighted by Crippen LogP contribution is -2.37. The third kappa shape index (κ3) is 3.78. The van der Waals surface area contributed by atoms with E-state index in [0.29, 0.717) is 0 Å². The Labute approximate surface area is 111 Å². The van der Waals surface area contributed by atoms with E-state index >= 15 is 0 Å². The number of nitrogens with zero attached hydrogens (tertiary/aromatic N) is 1. The van der Waals surface area contributed by atoms with Crippen molar-refractivity contribution in [1.82, 2.24) is 4.90 Å². The molecule has 1 aliphatic rings. The molecule has 0 bridgehead atoms. The van der Waals surface area contributed by atoms with Crippen molar-refractivity contribution in [3.05, 3.63) is 34.3 Å². The zero-order valence-electron chi connectivity index (χ0n) is 9.81. The molecule has 3 nitrogen and oxygen atoms in total. The number of hydrogen-bond donors (Lipinski definition) is 1. The van der Waals surface area contributed by atoms with Crippen LogP contribution in [-0.2, 0) is 4.74 Å². The van der Waals surface area contributed by atoms with Crippen LogP contribution in [0.15, 0.2) is 28.7 Å². The average molecular weight is 300 g/mol. The van der Waals surface area contributed by atoms with E-state index in [2.05, 4.69) is 20.8 Å². The minimum atomic E-state index is -0.395. The number of benzene rings is 1. The van der Waals surface area contributed by atoms with Crippen LogP contribution < -0.4 is 0 Å². The molecule has 1 aliphatic heterocycles. The van der Waals surface area contributed by atoms with Crippen LogP contribution in [0, 0.1) is 0 Å². The highest BCUT2D eigenvalue weighted by Crippen LogP contribution is 2.25. The molecular weight excluding hydrogens is 282 g/mol. The number of aliphatic hydroxyl groups is 1. The van der Waals surface area contributed by atoms with Crippen LogP contribution in [-0.4, -0.2) is 42.9 Å². The van der Waals surface area contributed by atoms with E-state index in [1.54, 1.807) is 0 Å². The minimum Gasteiger partial charge on any atom is -0.388 e. The number of halogens is 1. The molecule has 0 amide bonds. The fourth-order valence-corrected chi connectivity index (χ4v) is 2.58. The molecule has 17 heavy (non-hydrogen) atoms. The summed E-state index contributed by atoms with van der Waals surface area (Å²) in [5, 5.41) is 10.1. The van der Waals surface area contributed by atoms with Crippen LogP contribution in [0.2, 0.25) is 0 Å². The Morgan fingerprint density at radius 3 is 2.71 bits per heavy atom. The lowest BCUT2D eigenvalue weighted by atomic mass is 10.1. The molecule has 1 atom stereocenters. The van der Waals surface area contributed by atoms with Crippen molar-refractivity contribution < 1.29 is 9.84 Å². The zero-order valence-corrected chi connectivity index (χ0v) is 11.4. The SMILES string of the molecule is OC(CCN1CCOCC1)c1ccccc1Br. The van der Waals surface area contributed by atoms with E-state index in [4.69, 9.17) is 4.74 Å². The minimum absolute atomic E-state index is 0.395. The molecule has 0 spiro atoms. The Morgan fingerprint density at radius 2 is 2.00 bits per heavy atom. The summed E-state index contributed by atoms with van der Waals surface area (Å²) in [5.41, 5.74) is 0.973. The first-order valence-corrected chi connectivity index (χ1v) is 6.79. The van der Waals surface area contributed by atoms with E-state index in [9.17, 15) is 5.11 Å². The Bertz CT molecular complexity index is 353. The molecule has 0 aliphatic carbocycles. The van der Waals surface area contributed by atoms with Crippen LogP contribution >= 0.6 is 15.9 Å². The van der Waals surface area contributed by atoms with E-state index in [1.807, 2.05) is 24.3 Å². The Hall–Kier alpha value is -0.420. The third-order valence-corrected chi connectivity index (χ3v) is 3.81. The highest BCUT2D eigenvalue weighted by atomic mass is 79.9. The second kappa shape index (κ2) is 6.50. The number of rotatable bonds is 4. The van der Waals surface area contributed by atoms with E-state index in [1.165, 1.54) is 0 Å². The summed E-state index contributed by atoms with van der Waals surface area (Å²) in [7, 11) is 0. The topological polar surface area (TPSA) is 32.7 Å². The number of morpholine rings is 1. The largest absolute Gasteiger partial charge is 0.388 e. The van der Waals surface area contributed by atoms with E-state index in [0.717, 1.165) is 49.3 Å². The number of ether oxygens (including phenoxy) is 1. The van der Waals surface area contributed by atoms with Crippen LogP contribution in [0.25, 0.3) is 0 Å². The molecule has 0 saturated carbocycles. The maximum Gasteiger partial charge on any atom is 0.0813 e. The quantitative estimate of drug-likeness (QED) is 0.925. The zero-order chi connectivity index (χ0) is 12.1. The van der Waals surface area contributed by atoms with Crippen LogP contribution in [0.3, 0.4) is 0 Å². The van der Waals surface area contributed by atoms with Crippen molar-refractivity contribution in [1.29, 1.82) is 0 Å². The summed E-state index contributed by atoms with van der Waals surface area (Å²) < 4.78 is 6.28.